The summed E-state index contributed by atoms with van der Waals surface area (Å²) in [6, 6.07) is 11.9. The zero-order chi connectivity index (χ0) is 20.5. The Hall–Kier alpha value is -2.93. The van der Waals surface area contributed by atoms with E-state index < -0.39 is 0 Å². The van der Waals surface area contributed by atoms with Gasteiger partial charge in [-0.25, -0.2) is 4.79 Å². The van der Waals surface area contributed by atoms with Crippen LogP contribution in [0.15, 0.2) is 48.8 Å². The number of rotatable bonds is 4. The molecule has 0 saturated carbocycles. The normalized spacial score (nSPS) is 21.8. The molecule has 1 aromatic carbocycles. The van der Waals surface area contributed by atoms with Gasteiger partial charge in [0.1, 0.15) is 6.10 Å². The van der Waals surface area contributed by atoms with E-state index in [0.717, 1.165) is 31.6 Å². The van der Waals surface area contributed by atoms with Crippen LogP contribution in [0.1, 0.15) is 35.8 Å². The number of aromatic nitrogens is 1. The Bertz CT molecular complexity index is 900. The molecule has 0 aliphatic carbocycles. The zero-order valence-corrected chi connectivity index (χ0v) is 16.9. The predicted molar refractivity (Wildman–Crippen MR) is 112 cm³/mol. The van der Waals surface area contributed by atoms with E-state index in [-0.39, 0.29) is 18.0 Å². The second-order valence-electron chi connectivity index (χ2n) is 8.38. The van der Waals surface area contributed by atoms with E-state index >= 15 is 0 Å². The number of nitrogens with one attached hydrogen (secondary N) is 1. The number of amides is 3. The number of ether oxygens (including phenoxy) is 1. The maximum absolute atomic E-state index is 12.4. The summed E-state index contributed by atoms with van der Waals surface area (Å²) < 4.78 is 5.49. The number of benzene rings is 1. The first kappa shape index (κ1) is 19.1. The second kappa shape index (κ2) is 8.07. The fraction of sp³-hybridized carbons (Fsp3) is 0.435. The van der Waals surface area contributed by atoms with Crippen molar-refractivity contribution in [3.05, 3.63) is 59.9 Å². The third-order valence-corrected chi connectivity index (χ3v) is 6.36. The number of carbonyl (C=O) groups excluding carboxylic acids is 2. The van der Waals surface area contributed by atoms with Gasteiger partial charge in [0, 0.05) is 62.7 Å². The smallest absolute Gasteiger partial charge is 0.321 e. The van der Waals surface area contributed by atoms with Crippen molar-refractivity contribution in [1.29, 1.82) is 0 Å². The molecule has 2 aromatic rings. The molecule has 7 nitrogen and oxygen atoms in total. The standard InChI is InChI=1S/C23H26N4O3/c28-22(21-4-2-10-30-21)26-12-18(13-26)16-5-7-20(8-6-16)25-23(29)27-14-19(15-27)17-3-1-9-24-11-17/h1,3,5-9,11,18-19,21H,2,4,10,12-15H2,(H,25,29)/t21-/m1/s1. The average molecular weight is 406 g/mol. The fourth-order valence-corrected chi connectivity index (χ4v) is 4.36. The monoisotopic (exact) mass is 406 g/mol. The number of anilines is 1. The van der Waals surface area contributed by atoms with Crippen LogP contribution in [0, 0.1) is 0 Å². The number of likely N-dealkylation sites (tertiary alicyclic amines) is 2. The minimum Gasteiger partial charge on any atom is -0.368 e. The number of nitrogens with zero attached hydrogens (tertiary/aromatic N) is 3. The lowest BCUT2D eigenvalue weighted by Crippen LogP contribution is -2.52. The van der Waals surface area contributed by atoms with Gasteiger partial charge in [-0.05, 0) is 42.2 Å². The Balaban J connectivity index is 1.09. The molecule has 156 valence electrons. The van der Waals surface area contributed by atoms with Crippen LogP contribution in [0.2, 0.25) is 0 Å². The molecular weight excluding hydrogens is 380 g/mol. The van der Waals surface area contributed by atoms with Crippen molar-refractivity contribution in [2.45, 2.75) is 30.8 Å². The van der Waals surface area contributed by atoms with Gasteiger partial charge in [-0.2, -0.15) is 0 Å². The van der Waals surface area contributed by atoms with Crippen LogP contribution < -0.4 is 5.32 Å². The molecule has 1 aromatic heterocycles. The highest BCUT2D eigenvalue weighted by molar-refractivity contribution is 5.90. The molecule has 7 heteroatoms. The first-order valence-corrected chi connectivity index (χ1v) is 10.6. The molecule has 3 aliphatic heterocycles. The van der Waals surface area contributed by atoms with E-state index in [1.54, 1.807) is 6.20 Å². The number of pyridine rings is 1. The molecule has 1 N–H and O–H groups in total. The summed E-state index contributed by atoms with van der Waals surface area (Å²) in [6.07, 6.45) is 5.22. The third-order valence-electron chi connectivity index (χ3n) is 6.36. The van der Waals surface area contributed by atoms with Crippen molar-refractivity contribution in [2.75, 3.05) is 38.1 Å². The molecule has 3 saturated heterocycles. The van der Waals surface area contributed by atoms with Crippen LogP contribution in [-0.4, -0.2) is 65.6 Å². The van der Waals surface area contributed by atoms with E-state index in [0.29, 0.717) is 31.5 Å². The molecule has 0 bridgehead atoms. The van der Waals surface area contributed by atoms with Gasteiger partial charge in [-0.15, -0.1) is 0 Å². The third kappa shape index (κ3) is 3.77. The van der Waals surface area contributed by atoms with Crippen molar-refractivity contribution in [2.24, 2.45) is 0 Å². The Kier molecular flexibility index (Phi) is 5.12. The van der Waals surface area contributed by atoms with Crippen molar-refractivity contribution in [3.63, 3.8) is 0 Å². The lowest BCUT2D eigenvalue weighted by molar-refractivity contribution is -0.145. The summed E-state index contributed by atoms with van der Waals surface area (Å²) in [5.74, 6) is 0.855. The molecule has 3 fully saturated rings. The minimum atomic E-state index is -0.234. The lowest BCUT2D eigenvalue weighted by atomic mass is 9.90. The number of hydrogen-bond donors (Lipinski definition) is 1. The molecular formula is C23H26N4O3. The summed E-state index contributed by atoms with van der Waals surface area (Å²) in [6.45, 7) is 3.61. The maximum atomic E-state index is 12.4. The highest BCUT2D eigenvalue weighted by Gasteiger charge is 2.37. The van der Waals surface area contributed by atoms with Crippen molar-refractivity contribution < 1.29 is 14.3 Å². The van der Waals surface area contributed by atoms with E-state index in [9.17, 15) is 9.59 Å². The molecule has 30 heavy (non-hydrogen) atoms. The van der Waals surface area contributed by atoms with E-state index in [2.05, 4.69) is 16.4 Å². The van der Waals surface area contributed by atoms with Crippen LogP contribution in [0.3, 0.4) is 0 Å². The van der Waals surface area contributed by atoms with E-state index in [4.69, 9.17) is 4.74 Å². The van der Waals surface area contributed by atoms with E-state index in [1.165, 1.54) is 11.1 Å². The lowest BCUT2D eigenvalue weighted by Gasteiger charge is -2.40. The average Bonchev–Trinajstić information content (AvgIpc) is 3.23. The van der Waals surface area contributed by atoms with Gasteiger partial charge in [0.2, 0.25) is 0 Å². The second-order valence-corrected chi connectivity index (χ2v) is 8.38. The molecule has 0 spiro atoms. The van der Waals surface area contributed by atoms with Crippen molar-refractivity contribution >= 4 is 17.6 Å². The van der Waals surface area contributed by atoms with Crippen LogP contribution >= 0.6 is 0 Å². The zero-order valence-electron chi connectivity index (χ0n) is 16.9. The molecule has 3 amide bonds. The first-order chi connectivity index (χ1) is 14.7. The molecule has 0 radical (unpaired) electrons. The van der Waals surface area contributed by atoms with Crippen LogP contribution in [0.25, 0.3) is 0 Å². The van der Waals surface area contributed by atoms with E-state index in [1.807, 2.05) is 46.3 Å². The highest BCUT2D eigenvalue weighted by atomic mass is 16.5. The Morgan fingerprint density at radius 2 is 1.70 bits per heavy atom. The molecule has 3 aliphatic rings. The molecule has 5 rings (SSSR count). The Morgan fingerprint density at radius 3 is 2.37 bits per heavy atom. The summed E-state index contributed by atoms with van der Waals surface area (Å²) in [5, 5.41) is 2.97. The molecule has 1 atom stereocenters. The number of urea groups is 1. The molecule has 0 unspecified atom stereocenters. The maximum Gasteiger partial charge on any atom is 0.321 e. The Morgan fingerprint density at radius 1 is 0.967 bits per heavy atom. The van der Waals surface area contributed by atoms with Gasteiger partial charge in [-0.3, -0.25) is 9.78 Å². The quantitative estimate of drug-likeness (QED) is 0.847. The largest absolute Gasteiger partial charge is 0.368 e. The van der Waals surface area contributed by atoms with Crippen molar-refractivity contribution in [3.8, 4) is 0 Å². The topological polar surface area (TPSA) is 74.8 Å². The van der Waals surface area contributed by atoms with Crippen LogP contribution in [0.4, 0.5) is 10.5 Å². The van der Waals surface area contributed by atoms with Gasteiger partial charge < -0.3 is 19.9 Å². The summed E-state index contributed by atoms with van der Waals surface area (Å²) in [4.78, 5) is 32.6. The summed E-state index contributed by atoms with van der Waals surface area (Å²) in [7, 11) is 0. The highest BCUT2D eigenvalue weighted by Crippen LogP contribution is 2.30. The van der Waals surface area contributed by atoms with Gasteiger partial charge in [0.05, 0.1) is 0 Å². The number of carbonyl (C=O) groups is 2. The minimum absolute atomic E-state index is 0.0696. The SMILES string of the molecule is O=C(Nc1ccc(C2CN(C(=O)[C@H]3CCCO3)C2)cc1)N1CC(c2cccnc2)C1. The first-order valence-electron chi connectivity index (χ1n) is 10.6. The molecule has 4 heterocycles. The van der Waals surface area contributed by atoms with Gasteiger partial charge in [-0.1, -0.05) is 18.2 Å². The van der Waals surface area contributed by atoms with Gasteiger partial charge >= 0.3 is 6.03 Å². The predicted octanol–water partition coefficient (Wildman–Crippen LogP) is 2.82. The number of hydrogen-bond acceptors (Lipinski definition) is 4. The van der Waals surface area contributed by atoms with Crippen LogP contribution in [-0.2, 0) is 9.53 Å². The fourth-order valence-electron chi connectivity index (χ4n) is 4.36. The van der Waals surface area contributed by atoms with Gasteiger partial charge in [0.25, 0.3) is 5.91 Å². The summed E-state index contributed by atoms with van der Waals surface area (Å²) in [5.41, 5.74) is 3.17. The van der Waals surface area contributed by atoms with Gasteiger partial charge in [0.15, 0.2) is 0 Å². The van der Waals surface area contributed by atoms with Crippen molar-refractivity contribution in [1.82, 2.24) is 14.8 Å². The van der Waals surface area contributed by atoms with Crippen LogP contribution in [0.5, 0.6) is 0 Å². The Labute approximate surface area is 176 Å². The summed E-state index contributed by atoms with van der Waals surface area (Å²) >= 11 is 0.